The van der Waals surface area contributed by atoms with Crippen LogP contribution in [0.5, 0.6) is 0 Å². The van der Waals surface area contributed by atoms with Gasteiger partial charge in [0.15, 0.2) is 5.82 Å². The summed E-state index contributed by atoms with van der Waals surface area (Å²) in [5.41, 5.74) is 14.3. The molecule has 0 radical (unpaired) electrons. The quantitative estimate of drug-likeness (QED) is 0.713. The molecule has 0 saturated heterocycles. The van der Waals surface area contributed by atoms with Gasteiger partial charge >= 0.3 is 0 Å². The molecular formula is C14H13FN6. The average molecular weight is 284 g/mol. The molecule has 1 aromatic heterocycles. The average Bonchev–Trinajstić information content (AvgIpc) is 2.89. The third-order valence-corrected chi connectivity index (χ3v) is 3.09. The van der Waals surface area contributed by atoms with Crippen LogP contribution in [0.3, 0.4) is 0 Å². The fraction of sp³-hybridized carbons (Fsp3) is 0.0714. The van der Waals surface area contributed by atoms with Gasteiger partial charge in [-0.15, -0.1) is 5.10 Å². The van der Waals surface area contributed by atoms with E-state index in [-0.39, 0.29) is 5.82 Å². The maximum Gasteiger partial charge on any atom is 0.184 e. The van der Waals surface area contributed by atoms with E-state index in [2.05, 4.69) is 15.5 Å². The first-order valence-corrected chi connectivity index (χ1v) is 6.29. The second-order valence-electron chi connectivity index (χ2n) is 4.63. The summed E-state index contributed by atoms with van der Waals surface area (Å²) in [4.78, 5) is 0. The van der Waals surface area contributed by atoms with E-state index in [0.717, 1.165) is 5.56 Å². The van der Waals surface area contributed by atoms with Crippen LogP contribution in [-0.2, 0) is 6.54 Å². The highest BCUT2D eigenvalue weighted by Gasteiger charge is 2.12. The van der Waals surface area contributed by atoms with Crippen molar-refractivity contribution in [2.45, 2.75) is 6.54 Å². The highest BCUT2D eigenvalue weighted by molar-refractivity contribution is 5.74. The van der Waals surface area contributed by atoms with Crippen molar-refractivity contribution < 1.29 is 4.39 Å². The van der Waals surface area contributed by atoms with Gasteiger partial charge in [0, 0.05) is 16.9 Å². The number of nitrogens with two attached hydrogens (primary N) is 2. The number of halogens is 1. The second kappa shape index (κ2) is 5.20. The molecule has 21 heavy (non-hydrogen) atoms. The second-order valence-corrected chi connectivity index (χ2v) is 4.63. The molecule has 0 unspecified atom stereocenters. The van der Waals surface area contributed by atoms with Crippen molar-refractivity contribution in [3.05, 3.63) is 53.8 Å². The molecule has 3 rings (SSSR count). The third-order valence-electron chi connectivity index (χ3n) is 3.09. The molecule has 0 spiro atoms. The number of hydrogen-bond donors (Lipinski definition) is 2. The fourth-order valence-electron chi connectivity index (χ4n) is 2.05. The van der Waals surface area contributed by atoms with Crippen molar-refractivity contribution in [3.63, 3.8) is 0 Å². The summed E-state index contributed by atoms with van der Waals surface area (Å²) >= 11 is 0. The molecule has 7 heteroatoms. The van der Waals surface area contributed by atoms with Crippen LogP contribution in [0.2, 0.25) is 0 Å². The molecule has 0 aliphatic rings. The van der Waals surface area contributed by atoms with Crippen LogP contribution in [0.1, 0.15) is 5.56 Å². The molecule has 4 N–H and O–H groups in total. The van der Waals surface area contributed by atoms with Gasteiger partial charge in [-0.2, -0.15) is 0 Å². The van der Waals surface area contributed by atoms with Crippen LogP contribution in [0, 0.1) is 5.82 Å². The lowest BCUT2D eigenvalue weighted by molar-refractivity contribution is 0.622. The zero-order valence-corrected chi connectivity index (χ0v) is 11.1. The van der Waals surface area contributed by atoms with Crippen LogP contribution < -0.4 is 11.5 Å². The van der Waals surface area contributed by atoms with Crippen LogP contribution in [0.4, 0.5) is 15.8 Å². The SMILES string of the molecule is Nc1ccc(-c2nnnn2Cc2ccc(F)cc2)c(N)c1. The van der Waals surface area contributed by atoms with E-state index < -0.39 is 0 Å². The highest BCUT2D eigenvalue weighted by atomic mass is 19.1. The lowest BCUT2D eigenvalue weighted by Crippen LogP contribution is -2.06. The van der Waals surface area contributed by atoms with E-state index in [4.69, 9.17) is 11.5 Å². The van der Waals surface area contributed by atoms with Gasteiger partial charge in [-0.1, -0.05) is 12.1 Å². The van der Waals surface area contributed by atoms with Gasteiger partial charge in [-0.25, -0.2) is 9.07 Å². The predicted molar refractivity (Wildman–Crippen MR) is 77.6 cm³/mol. The Morgan fingerprint density at radius 1 is 1.05 bits per heavy atom. The minimum absolute atomic E-state index is 0.279. The van der Waals surface area contributed by atoms with Crippen molar-refractivity contribution in [2.75, 3.05) is 11.5 Å². The Kier molecular flexibility index (Phi) is 3.23. The molecule has 2 aromatic carbocycles. The van der Waals surface area contributed by atoms with E-state index in [0.29, 0.717) is 29.3 Å². The highest BCUT2D eigenvalue weighted by Crippen LogP contribution is 2.25. The van der Waals surface area contributed by atoms with Crippen LogP contribution in [-0.4, -0.2) is 20.2 Å². The Morgan fingerprint density at radius 2 is 1.81 bits per heavy atom. The summed E-state index contributed by atoms with van der Waals surface area (Å²) in [5.74, 6) is 0.260. The van der Waals surface area contributed by atoms with Gasteiger partial charge < -0.3 is 11.5 Å². The van der Waals surface area contributed by atoms with Crippen molar-refractivity contribution in [2.24, 2.45) is 0 Å². The Bertz CT molecular complexity index is 765. The first-order chi connectivity index (χ1) is 10.1. The third kappa shape index (κ3) is 2.66. The molecule has 0 amide bonds. The number of anilines is 2. The van der Waals surface area contributed by atoms with Gasteiger partial charge in [0.25, 0.3) is 0 Å². The monoisotopic (exact) mass is 284 g/mol. The minimum Gasteiger partial charge on any atom is -0.399 e. The molecule has 0 bridgehead atoms. The number of benzene rings is 2. The van der Waals surface area contributed by atoms with Gasteiger partial charge in [-0.05, 0) is 46.3 Å². The summed E-state index contributed by atoms with van der Waals surface area (Å²) in [6.45, 7) is 0.423. The van der Waals surface area contributed by atoms with Gasteiger partial charge in [0.1, 0.15) is 5.82 Å². The van der Waals surface area contributed by atoms with Crippen molar-refractivity contribution in [3.8, 4) is 11.4 Å². The molecule has 3 aromatic rings. The molecule has 0 fully saturated rings. The number of nitrogen functional groups attached to an aromatic ring is 2. The zero-order chi connectivity index (χ0) is 14.8. The zero-order valence-electron chi connectivity index (χ0n) is 11.1. The Morgan fingerprint density at radius 3 is 2.52 bits per heavy atom. The molecule has 0 saturated carbocycles. The fourth-order valence-corrected chi connectivity index (χ4v) is 2.05. The maximum absolute atomic E-state index is 12.9. The summed E-state index contributed by atoms with van der Waals surface area (Å²) < 4.78 is 14.5. The first-order valence-electron chi connectivity index (χ1n) is 6.29. The summed E-state index contributed by atoms with van der Waals surface area (Å²) in [6, 6.07) is 11.3. The standard InChI is InChI=1S/C14H13FN6/c15-10-3-1-9(2-4-10)8-21-14(18-19-20-21)12-6-5-11(16)7-13(12)17/h1-7H,8,16-17H2. The molecular weight excluding hydrogens is 271 g/mol. The number of nitrogens with zero attached hydrogens (tertiary/aromatic N) is 4. The largest absolute Gasteiger partial charge is 0.399 e. The van der Waals surface area contributed by atoms with E-state index in [1.807, 2.05) is 0 Å². The van der Waals surface area contributed by atoms with Crippen LogP contribution >= 0.6 is 0 Å². The molecule has 0 aliphatic carbocycles. The maximum atomic E-state index is 12.9. The molecule has 106 valence electrons. The lowest BCUT2D eigenvalue weighted by Gasteiger charge is -2.07. The molecule has 0 atom stereocenters. The molecule has 0 aliphatic heterocycles. The first kappa shape index (κ1) is 13.0. The van der Waals surface area contributed by atoms with Crippen molar-refractivity contribution in [1.82, 2.24) is 20.2 Å². The van der Waals surface area contributed by atoms with E-state index in [1.165, 1.54) is 12.1 Å². The molecule has 1 heterocycles. The summed E-state index contributed by atoms with van der Waals surface area (Å²) in [7, 11) is 0. The Labute approximate surface area is 120 Å². The number of tetrazole rings is 1. The van der Waals surface area contributed by atoms with Crippen LogP contribution in [0.15, 0.2) is 42.5 Å². The van der Waals surface area contributed by atoms with Crippen molar-refractivity contribution >= 4 is 11.4 Å². The lowest BCUT2D eigenvalue weighted by atomic mass is 10.1. The van der Waals surface area contributed by atoms with Gasteiger partial charge in [-0.3, -0.25) is 0 Å². The minimum atomic E-state index is -0.279. The topological polar surface area (TPSA) is 95.6 Å². The summed E-state index contributed by atoms with van der Waals surface area (Å²) in [6.07, 6.45) is 0. The van der Waals surface area contributed by atoms with E-state index in [1.54, 1.807) is 35.0 Å². The normalized spacial score (nSPS) is 10.7. The van der Waals surface area contributed by atoms with Gasteiger partial charge in [0.05, 0.1) is 6.54 Å². The van der Waals surface area contributed by atoms with E-state index >= 15 is 0 Å². The number of rotatable bonds is 3. The predicted octanol–water partition coefficient (Wildman–Crippen LogP) is 1.69. The van der Waals surface area contributed by atoms with Gasteiger partial charge in [0.2, 0.25) is 0 Å². The van der Waals surface area contributed by atoms with E-state index in [9.17, 15) is 4.39 Å². The number of aromatic nitrogens is 4. The Hall–Kier alpha value is -2.96. The van der Waals surface area contributed by atoms with Crippen LogP contribution in [0.25, 0.3) is 11.4 Å². The smallest absolute Gasteiger partial charge is 0.184 e. The van der Waals surface area contributed by atoms with Crippen molar-refractivity contribution in [1.29, 1.82) is 0 Å². The molecule has 6 nitrogen and oxygen atoms in total. The number of hydrogen-bond acceptors (Lipinski definition) is 5. The Balaban J connectivity index is 1.95. The summed E-state index contributed by atoms with van der Waals surface area (Å²) in [5, 5.41) is 11.6.